The summed E-state index contributed by atoms with van der Waals surface area (Å²) in [4.78, 5) is 0. The van der Waals surface area contributed by atoms with E-state index in [0.29, 0.717) is 0 Å². The molecule has 0 unspecified atom stereocenters. The molecule has 0 aromatic heterocycles. The summed E-state index contributed by atoms with van der Waals surface area (Å²) in [5.41, 5.74) is 2.12. The van der Waals surface area contributed by atoms with Crippen molar-refractivity contribution in [3.05, 3.63) is 28.3 Å². The topological polar surface area (TPSA) is 21.3 Å². The molecule has 3 heteroatoms. The van der Waals surface area contributed by atoms with Crippen molar-refractivity contribution in [1.29, 1.82) is 0 Å². The van der Waals surface area contributed by atoms with E-state index in [9.17, 15) is 0 Å². The zero-order chi connectivity index (χ0) is 9.84. The summed E-state index contributed by atoms with van der Waals surface area (Å²) < 4.78 is 5.15. The fourth-order valence-electron chi connectivity index (χ4n) is 1.24. The molecule has 0 aliphatic carbocycles. The molecule has 13 heavy (non-hydrogen) atoms. The van der Waals surface area contributed by atoms with Gasteiger partial charge >= 0.3 is 0 Å². The number of hydrogen-bond acceptors (Lipinski definition) is 2. The van der Waals surface area contributed by atoms with Crippen LogP contribution in [0.4, 0.5) is 0 Å². The number of benzene rings is 1. The van der Waals surface area contributed by atoms with Gasteiger partial charge in [0.05, 0.1) is 7.11 Å². The van der Waals surface area contributed by atoms with Crippen LogP contribution in [0, 0.1) is 6.92 Å². The number of methoxy groups -OCH3 is 1. The van der Waals surface area contributed by atoms with E-state index >= 15 is 0 Å². The van der Waals surface area contributed by atoms with Crippen molar-refractivity contribution < 1.29 is 4.74 Å². The molecule has 0 atom stereocenters. The molecule has 1 aromatic rings. The van der Waals surface area contributed by atoms with Crippen LogP contribution in [0.1, 0.15) is 11.1 Å². The molecule has 0 bridgehead atoms. The van der Waals surface area contributed by atoms with E-state index in [1.165, 1.54) is 0 Å². The van der Waals surface area contributed by atoms with Gasteiger partial charge in [-0.1, -0.05) is 11.6 Å². The molecule has 2 nitrogen and oxygen atoms in total. The molecule has 0 fully saturated rings. The number of ether oxygens (including phenoxy) is 1. The van der Waals surface area contributed by atoms with Gasteiger partial charge in [0.1, 0.15) is 5.75 Å². The minimum absolute atomic E-state index is 0.761. The molecule has 0 radical (unpaired) electrons. The van der Waals surface area contributed by atoms with Crippen LogP contribution in [-0.4, -0.2) is 14.2 Å². The van der Waals surface area contributed by atoms with E-state index < -0.39 is 0 Å². The fraction of sp³-hybridized carbons (Fsp3) is 0.400. The molecule has 0 aliphatic heterocycles. The van der Waals surface area contributed by atoms with E-state index in [1.54, 1.807) is 7.11 Å². The minimum Gasteiger partial charge on any atom is -0.497 e. The largest absolute Gasteiger partial charge is 0.497 e. The highest BCUT2D eigenvalue weighted by Gasteiger charge is 2.05. The first kappa shape index (κ1) is 10.4. The van der Waals surface area contributed by atoms with Crippen molar-refractivity contribution in [1.82, 2.24) is 5.32 Å². The molecular formula is C10H14ClNO. The average Bonchev–Trinajstić information content (AvgIpc) is 2.13. The first-order chi connectivity index (χ1) is 6.19. The Kier molecular flexibility index (Phi) is 3.58. The SMILES string of the molecule is CNCc1cc(OC)cc(C)c1Cl. The normalized spacial score (nSPS) is 10.2. The average molecular weight is 200 g/mol. The van der Waals surface area contributed by atoms with Crippen LogP contribution in [0.2, 0.25) is 5.02 Å². The lowest BCUT2D eigenvalue weighted by molar-refractivity contribution is 0.414. The maximum Gasteiger partial charge on any atom is 0.119 e. The third-order valence-corrected chi connectivity index (χ3v) is 2.45. The highest BCUT2D eigenvalue weighted by Crippen LogP contribution is 2.26. The standard InChI is InChI=1S/C10H14ClNO/c1-7-4-9(13-3)5-8(6-12-2)10(7)11/h4-5,12H,6H2,1-3H3. The number of hydrogen-bond donors (Lipinski definition) is 1. The van der Waals surface area contributed by atoms with E-state index in [0.717, 1.165) is 28.4 Å². The van der Waals surface area contributed by atoms with E-state index in [4.69, 9.17) is 16.3 Å². The summed E-state index contributed by atoms with van der Waals surface area (Å²) in [6, 6.07) is 3.88. The van der Waals surface area contributed by atoms with Gasteiger partial charge in [0.2, 0.25) is 0 Å². The summed E-state index contributed by atoms with van der Waals surface area (Å²) in [6.07, 6.45) is 0. The second kappa shape index (κ2) is 4.49. The molecule has 0 saturated heterocycles. The van der Waals surface area contributed by atoms with Crippen molar-refractivity contribution in [3.63, 3.8) is 0 Å². The van der Waals surface area contributed by atoms with Gasteiger partial charge in [-0.3, -0.25) is 0 Å². The fourth-order valence-corrected chi connectivity index (χ4v) is 1.42. The van der Waals surface area contributed by atoms with Crippen molar-refractivity contribution >= 4 is 11.6 Å². The summed E-state index contributed by atoms with van der Waals surface area (Å²) in [5.74, 6) is 0.854. The molecule has 1 N–H and O–H groups in total. The van der Waals surface area contributed by atoms with Crippen molar-refractivity contribution in [3.8, 4) is 5.75 Å². The highest BCUT2D eigenvalue weighted by atomic mass is 35.5. The summed E-state index contributed by atoms with van der Waals surface area (Å²) in [5, 5.41) is 3.88. The maximum absolute atomic E-state index is 6.11. The second-order valence-corrected chi connectivity index (χ2v) is 3.33. The first-order valence-corrected chi connectivity index (χ1v) is 4.54. The summed E-state index contributed by atoms with van der Waals surface area (Å²) >= 11 is 6.11. The smallest absolute Gasteiger partial charge is 0.119 e. The van der Waals surface area contributed by atoms with E-state index in [2.05, 4.69) is 5.32 Å². The molecule has 0 spiro atoms. The van der Waals surface area contributed by atoms with Crippen LogP contribution in [0.3, 0.4) is 0 Å². The Morgan fingerprint density at radius 1 is 1.46 bits per heavy atom. The molecular weight excluding hydrogens is 186 g/mol. The number of nitrogens with one attached hydrogen (secondary N) is 1. The molecule has 1 aromatic carbocycles. The Bertz CT molecular complexity index is 299. The maximum atomic E-state index is 6.11. The zero-order valence-electron chi connectivity index (χ0n) is 8.15. The van der Waals surface area contributed by atoms with Gasteiger partial charge in [-0.05, 0) is 37.2 Å². The number of rotatable bonds is 3. The first-order valence-electron chi connectivity index (χ1n) is 4.16. The van der Waals surface area contributed by atoms with Crippen LogP contribution >= 0.6 is 11.6 Å². The third-order valence-electron chi connectivity index (χ3n) is 1.91. The molecule has 0 amide bonds. The van der Waals surface area contributed by atoms with Crippen molar-refractivity contribution in [2.75, 3.05) is 14.2 Å². The van der Waals surface area contributed by atoms with Crippen molar-refractivity contribution in [2.45, 2.75) is 13.5 Å². The van der Waals surface area contributed by atoms with Crippen LogP contribution in [0.25, 0.3) is 0 Å². The molecule has 0 aliphatic rings. The summed E-state index contributed by atoms with van der Waals surface area (Å²) in [7, 11) is 3.55. The lowest BCUT2D eigenvalue weighted by Gasteiger charge is -2.09. The van der Waals surface area contributed by atoms with Gasteiger partial charge in [0.15, 0.2) is 0 Å². The van der Waals surface area contributed by atoms with Gasteiger partial charge < -0.3 is 10.1 Å². The van der Waals surface area contributed by atoms with Crippen LogP contribution in [0.15, 0.2) is 12.1 Å². The quantitative estimate of drug-likeness (QED) is 0.807. The van der Waals surface area contributed by atoms with Gasteiger partial charge in [0, 0.05) is 11.6 Å². The number of aryl methyl sites for hydroxylation is 1. The molecule has 72 valence electrons. The predicted molar refractivity (Wildman–Crippen MR) is 55.5 cm³/mol. The Morgan fingerprint density at radius 2 is 2.15 bits per heavy atom. The Hall–Kier alpha value is -0.730. The van der Waals surface area contributed by atoms with Gasteiger partial charge in [-0.25, -0.2) is 0 Å². The highest BCUT2D eigenvalue weighted by molar-refractivity contribution is 6.32. The van der Waals surface area contributed by atoms with Gasteiger partial charge in [-0.15, -0.1) is 0 Å². The molecule has 0 heterocycles. The van der Waals surface area contributed by atoms with Gasteiger partial charge in [-0.2, -0.15) is 0 Å². The van der Waals surface area contributed by atoms with Crippen LogP contribution < -0.4 is 10.1 Å². The number of halogens is 1. The minimum atomic E-state index is 0.761. The van der Waals surface area contributed by atoms with Gasteiger partial charge in [0.25, 0.3) is 0 Å². The van der Waals surface area contributed by atoms with E-state index in [1.807, 2.05) is 26.1 Å². The monoisotopic (exact) mass is 199 g/mol. The Balaban J connectivity index is 3.09. The van der Waals surface area contributed by atoms with Crippen molar-refractivity contribution in [2.24, 2.45) is 0 Å². The summed E-state index contributed by atoms with van der Waals surface area (Å²) in [6.45, 7) is 2.74. The van der Waals surface area contributed by atoms with E-state index in [-0.39, 0.29) is 0 Å². The lowest BCUT2D eigenvalue weighted by Crippen LogP contribution is -2.06. The van der Waals surface area contributed by atoms with Crippen LogP contribution in [-0.2, 0) is 6.54 Å². The lowest BCUT2D eigenvalue weighted by atomic mass is 10.1. The molecule has 1 rings (SSSR count). The second-order valence-electron chi connectivity index (χ2n) is 2.95. The predicted octanol–water partition coefficient (Wildman–Crippen LogP) is 2.38. The third kappa shape index (κ3) is 2.36. The Morgan fingerprint density at radius 3 is 2.69 bits per heavy atom. The Labute approximate surface area is 83.9 Å². The zero-order valence-corrected chi connectivity index (χ0v) is 8.90. The van der Waals surface area contributed by atoms with Crippen LogP contribution in [0.5, 0.6) is 5.75 Å². The molecule has 0 saturated carbocycles.